The topological polar surface area (TPSA) is 26.3 Å². The Labute approximate surface area is 135 Å². The van der Waals surface area contributed by atoms with Crippen LogP contribution in [-0.2, 0) is 6.42 Å². The Morgan fingerprint density at radius 3 is 2.73 bits per heavy atom. The van der Waals surface area contributed by atoms with Gasteiger partial charge in [-0.05, 0) is 48.4 Å². The Bertz CT molecular complexity index is 747. The van der Waals surface area contributed by atoms with Gasteiger partial charge in [0.25, 0.3) is 0 Å². The number of ether oxygens (including phenoxy) is 1. The summed E-state index contributed by atoms with van der Waals surface area (Å²) >= 11 is 1.65. The van der Waals surface area contributed by atoms with E-state index in [1.807, 2.05) is 54.8 Å². The molecule has 0 aromatic heterocycles. The molecule has 2 nitrogen and oxygen atoms in total. The quantitative estimate of drug-likeness (QED) is 0.611. The molecule has 112 valence electrons. The van der Waals surface area contributed by atoms with E-state index in [4.69, 9.17) is 4.74 Å². The minimum Gasteiger partial charge on any atom is -0.496 e. The number of hydrogen-bond acceptors (Lipinski definition) is 3. The van der Waals surface area contributed by atoms with Crippen molar-refractivity contribution in [2.24, 2.45) is 0 Å². The number of ketones is 1. The first-order valence-corrected chi connectivity index (χ1v) is 8.50. The van der Waals surface area contributed by atoms with Crippen LogP contribution in [0.2, 0.25) is 0 Å². The van der Waals surface area contributed by atoms with Gasteiger partial charge in [-0.15, -0.1) is 11.8 Å². The maximum Gasteiger partial charge on any atom is 0.189 e. The Hall–Kier alpha value is -2.00. The highest BCUT2D eigenvalue weighted by molar-refractivity contribution is 7.98. The van der Waals surface area contributed by atoms with E-state index in [-0.39, 0.29) is 5.78 Å². The van der Waals surface area contributed by atoms with Crippen LogP contribution in [-0.4, -0.2) is 19.1 Å². The molecule has 0 aliphatic heterocycles. The molecule has 3 heteroatoms. The molecule has 0 saturated heterocycles. The first-order valence-electron chi connectivity index (χ1n) is 7.28. The fourth-order valence-corrected chi connectivity index (χ4v) is 3.34. The summed E-state index contributed by atoms with van der Waals surface area (Å²) in [6, 6.07) is 13.9. The van der Waals surface area contributed by atoms with Gasteiger partial charge in [-0.2, -0.15) is 0 Å². The van der Waals surface area contributed by atoms with E-state index in [9.17, 15) is 4.79 Å². The van der Waals surface area contributed by atoms with Crippen LogP contribution in [0.4, 0.5) is 0 Å². The van der Waals surface area contributed by atoms with E-state index in [1.165, 1.54) is 0 Å². The van der Waals surface area contributed by atoms with Gasteiger partial charge in [0.05, 0.1) is 7.11 Å². The minimum atomic E-state index is 0.148. The predicted octanol–water partition coefficient (Wildman–Crippen LogP) is 4.63. The van der Waals surface area contributed by atoms with Crippen molar-refractivity contribution in [3.05, 3.63) is 64.7 Å². The van der Waals surface area contributed by atoms with Gasteiger partial charge in [-0.1, -0.05) is 30.3 Å². The molecule has 0 heterocycles. The van der Waals surface area contributed by atoms with E-state index in [2.05, 4.69) is 0 Å². The summed E-state index contributed by atoms with van der Waals surface area (Å²) in [7, 11) is 1.67. The zero-order valence-electron chi connectivity index (χ0n) is 12.8. The van der Waals surface area contributed by atoms with Gasteiger partial charge in [0, 0.05) is 16.0 Å². The molecule has 2 aromatic carbocycles. The van der Waals surface area contributed by atoms with Crippen LogP contribution in [0, 0.1) is 0 Å². The largest absolute Gasteiger partial charge is 0.496 e. The molecule has 1 aliphatic carbocycles. The number of Topliss-reactive ketones (excluding diaryl/α,β-unsaturated/α-hetero) is 1. The molecule has 0 spiro atoms. The Balaban J connectivity index is 1.95. The molecule has 0 fully saturated rings. The third-order valence-corrected chi connectivity index (χ3v) is 4.74. The highest BCUT2D eigenvalue weighted by atomic mass is 32.2. The van der Waals surface area contributed by atoms with Crippen molar-refractivity contribution in [1.29, 1.82) is 0 Å². The third kappa shape index (κ3) is 2.81. The van der Waals surface area contributed by atoms with Crippen molar-refractivity contribution in [3.8, 4) is 5.75 Å². The molecule has 0 radical (unpaired) electrons. The summed E-state index contributed by atoms with van der Waals surface area (Å²) < 4.78 is 5.41. The third-order valence-electron chi connectivity index (χ3n) is 3.97. The molecular formula is C19H18O2S. The zero-order valence-corrected chi connectivity index (χ0v) is 13.6. The molecule has 1 aliphatic rings. The lowest BCUT2D eigenvalue weighted by Crippen LogP contribution is -2.13. The fourth-order valence-electron chi connectivity index (χ4n) is 2.80. The second-order valence-electron chi connectivity index (χ2n) is 5.27. The van der Waals surface area contributed by atoms with E-state index in [1.54, 1.807) is 18.9 Å². The zero-order chi connectivity index (χ0) is 15.5. The lowest BCUT2D eigenvalue weighted by atomic mass is 9.86. The van der Waals surface area contributed by atoms with Gasteiger partial charge in [0.2, 0.25) is 0 Å². The normalized spacial score (nSPS) is 15.7. The smallest absolute Gasteiger partial charge is 0.189 e. The van der Waals surface area contributed by atoms with Crippen LogP contribution in [0.5, 0.6) is 5.75 Å². The maximum atomic E-state index is 12.6. The molecule has 0 N–H and O–H groups in total. The molecule has 2 aromatic rings. The van der Waals surface area contributed by atoms with E-state index < -0.39 is 0 Å². The van der Waals surface area contributed by atoms with Gasteiger partial charge < -0.3 is 4.74 Å². The Kier molecular flexibility index (Phi) is 4.34. The molecule has 0 bridgehead atoms. The molecule has 0 atom stereocenters. The summed E-state index contributed by atoms with van der Waals surface area (Å²) in [5.74, 6) is 1.00. The number of thioether (sulfide) groups is 1. The highest BCUT2D eigenvalue weighted by Gasteiger charge is 2.21. The number of aryl methyl sites for hydroxylation is 1. The van der Waals surface area contributed by atoms with Crippen molar-refractivity contribution in [3.63, 3.8) is 0 Å². The standard InChI is InChI=1S/C19H18O2S/c1-21-17-12-13(7-10-18(17)22-2)11-15-9-8-14-5-3-4-6-16(14)19(15)20/h3-7,10-12H,8-9H2,1-2H3. The molecule has 22 heavy (non-hydrogen) atoms. The summed E-state index contributed by atoms with van der Waals surface area (Å²) in [5, 5.41) is 0. The highest BCUT2D eigenvalue weighted by Crippen LogP contribution is 2.31. The number of methoxy groups -OCH3 is 1. The van der Waals surface area contributed by atoms with Crippen molar-refractivity contribution >= 4 is 23.6 Å². The number of allylic oxidation sites excluding steroid dienone is 1. The number of carbonyl (C=O) groups is 1. The number of fused-ring (bicyclic) bond motifs is 1. The monoisotopic (exact) mass is 310 g/mol. The summed E-state index contributed by atoms with van der Waals surface area (Å²) in [5.41, 5.74) is 3.88. The number of rotatable bonds is 3. The number of carbonyl (C=O) groups excluding carboxylic acids is 1. The lowest BCUT2D eigenvalue weighted by molar-refractivity contribution is 0.102. The SMILES string of the molecule is COc1cc(C=C2CCc3ccccc3C2=O)ccc1SC. The van der Waals surface area contributed by atoms with E-state index in [0.717, 1.165) is 45.8 Å². The van der Waals surface area contributed by atoms with Gasteiger partial charge >= 0.3 is 0 Å². The average Bonchev–Trinajstić information content (AvgIpc) is 2.57. The fraction of sp³-hybridized carbons (Fsp3) is 0.211. The maximum absolute atomic E-state index is 12.6. The van der Waals surface area contributed by atoms with E-state index >= 15 is 0 Å². The van der Waals surface area contributed by atoms with Gasteiger partial charge in [0.1, 0.15) is 5.75 Å². The minimum absolute atomic E-state index is 0.148. The summed E-state index contributed by atoms with van der Waals surface area (Å²) in [6.07, 6.45) is 5.73. The first kappa shape index (κ1) is 14.9. The molecule has 0 saturated carbocycles. The van der Waals surface area contributed by atoms with Crippen LogP contribution in [0.1, 0.15) is 27.9 Å². The van der Waals surface area contributed by atoms with Gasteiger partial charge in [-0.25, -0.2) is 0 Å². The van der Waals surface area contributed by atoms with Gasteiger partial charge in [0.15, 0.2) is 5.78 Å². The average molecular weight is 310 g/mol. The molecular weight excluding hydrogens is 292 g/mol. The predicted molar refractivity (Wildman–Crippen MR) is 91.8 cm³/mol. The second kappa shape index (κ2) is 6.41. The molecule has 3 rings (SSSR count). The summed E-state index contributed by atoms with van der Waals surface area (Å²) in [6.45, 7) is 0. The summed E-state index contributed by atoms with van der Waals surface area (Å²) in [4.78, 5) is 13.7. The Morgan fingerprint density at radius 2 is 1.95 bits per heavy atom. The van der Waals surface area contributed by atoms with Gasteiger partial charge in [-0.3, -0.25) is 4.79 Å². The first-order chi connectivity index (χ1) is 10.7. The van der Waals surface area contributed by atoms with E-state index in [0.29, 0.717) is 0 Å². The van der Waals surface area contributed by atoms with Crippen LogP contribution < -0.4 is 4.74 Å². The van der Waals surface area contributed by atoms with Crippen molar-refractivity contribution in [1.82, 2.24) is 0 Å². The molecule has 0 amide bonds. The number of benzene rings is 2. The van der Waals surface area contributed by atoms with Crippen LogP contribution in [0.25, 0.3) is 6.08 Å². The van der Waals surface area contributed by atoms with Crippen molar-refractivity contribution in [2.75, 3.05) is 13.4 Å². The molecule has 0 unspecified atom stereocenters. The van der Waals surface area contributed by atoms with Crippen LogP contribution in [0.3, 0.4) is 0 Å². The number of hydrogen-bond donors (Lipinski definition) is 0. The van der Waals surface area contributed by atoms with Crippen LogP contribution in [0.15, 0.2) is 52.9 Å². The van der Waals surface area contributed by atoms with Crippen molar-refractivity contribution in [2.45, 2.75) is 17.7 Å². The van der Waals surface area contributed by atoms with Crippen LogP contribution >= 0.6 is 11.8 Å². The lowest BCUT2D eigenvalue weighted by Gasteiger charge is -2.17. The second-order valence-corrected chi connectivity index (χ2v) is 6.12. The Morgan fingerprint density at radius 1 is 1.14 bits per heavy atom. The van der Waals surface area contributed by atoms with Crippen molar-refractivity contribution < 1.29 is 9.53 Å².